The Hall–Kier alpha value is -1.92. The summed E-state index contributed by atoms with van der Waals surface area (Å²) in [4.78, 5) is 34.2. The maximum absolute atomic E-state index is 11.9. The van der Waals surface area contributed by atoms with Crippen LogP contribution in [0, 0.1) is 17.3 Å². The Morgan fingerprint density at radius 2 is 1.39 bits per heavy atom. The second kappa shape index (κ2) is 22.1. The van der Waals surface area contributed by atoms with Crippen LogP contribution in [0.1, 0.15) is 48.0 Å². The van der Waals surface area contributed by atoms with Crippen LogP contribution in [0.3, 0.4) is 0 Å². The van der Waals surface area contributed by atoms with Gasteiger partial charge < -0.3 is 74.6 Å². The number of ether oxygens (including phenoxy) is 7. The van der Waals surface area contributed by atoms with E-state index in [4.69, 9.17) is 49.3 Å². The quantitative estimate of drug-likeness (QED) is 0.0190. The molecule has 15 atom stereocenters. The van der Waals surface area contributed by atoms with Gasteiger partial charge in [-0.3, -0.25) is 10.1 Å². The van der Waals surface area contributed by atoms with Crippen molar-refractivity contribution in [3.05, 3.63) is 0 Å². The Bertz CT molecular complexity index is 1280. The highest BCUT2D eigenvalue weighted by Gasteiger charge is 2.55. The largest absolute Gasteiger partial charge is 0.480 e. The Balaban J connectivity index is 1.96. The van der Waals surface area contributed by atoms with E-state index < -0.39 is 153 Å². The highest BCUT2D eigenvalue weighted by atomic mass is 32.2. The van der Waals surface area contributed by atoms with E-state index in [2.05, 4.69) is 19.4 Å². The van der Waals surface area contributed by atoms with Gasteiger partial charge in [0.05, 0.1) is 74.0 Å². The molecule has 0 aromatic heterocycles. The number of hydrogen-bond donors (Lipinski definition) is 11. The van der Waals surface area contributed by atoms with E-state index in [1.807, 2.05) is 20.8 Å². The maximum atomic E-state index is 11.9. The molecule has 12 N–H and O–H groups in total. The number of aliphatic hydroxyl groups is 4. The van der Waals surface area contributed by atoms with Crippen LogP contribution < -0.4 is 15.8 Å². The second-order valence-electron chi connectivity index (χ2n) is 16.2. The average Bonchev–Trinajstić information content (AvgIpc) is 3.08. The van der Waals surface area contributed by atoms with Crippen molar-refractivity contribution >= 4 is 30.1 Å². The molecule has 0 radical (unpaired) electrons. The SMILES string of the molecule is CC(C)(C)OC1OC(COCC(=O)O)C(OC2CC(CO)C(OC3OC(COCC(=O)O)C(C(C)(C)C)C(O)C3N)C(O)C2NCC(=O)O)C(O)C1NSOOO. The van der Waals surface area contributed by atoms with Crippen LogP contribution in [-0.4, -0.2) is 184 Å². The molecule has 0 aromatic rings. The molecular weight excluding hydrogens is 790 g/mol. The van der Waals surface area contributed by atoms with E-state index in [1.54, 1.807) is 20.8 Å². The summed E-state index contributed by atoms with van der Waals surface area (Å²) in [7, 11) is 0. The summed E-state index contributed by atoms with van der Waals surface area (Å²) in [5.74, 6) is -5.45. The van der Waals surface area contributed by atoms with Crippen molar-refractivity contribution < 1.29 is 97.9 Å². The molecule has 2 heterocycles. The molecule has 1 aliphatic carbocycles. The van der Waals surface area contributed by atoms with Gasteiger partial charge in [0.15, 0.2) is 12.6 Å². The van der Waals surface area contributed by atoms with Crippen molar-refractivity contribution in [3.8, 4) is 0 Å². The monoisotopic (exact) mass is 849 g/mol. The Kier molecular flexibility index (Phi) is 19.1. The fourth-order valence-corrected chi connectivity index (χ4v) is 7.75. The minimum Gasteiger partial charge on any atom is -0.480 e. The van der Waals surface area contributed by atoms with Crippen LogP contribution in [0.15, 0.2) is 0 Å². The van der Waals surface area contributed by atoms with E-state index in [0.29, 0.717) is 12.2 Å². The molecular formula is C33H59N3O20S. The first-order chi connectivity index (χ1) is 26.6. The van der Waals surface area contributed by atoms with Crippen LogP contribution in [0.5, 0.6) is 0 Å². The van der Waals surface area contributed by atoms with E-state index in [9.17, 15) is 45.0 Å². The number of carboxylic acids is 3. The molecule has 2 aliphatic heterocycles. The van der Waals surface area contributed by atoms with Crippen molar-refractivity contribution in [1.29, 1.82) is 0 Å². The number of nitrogens with one attached hydrogen (secondary N) is 2. The van der Waals surface area contributed by atoms with Crippen molar-refractivity contribution in [2.75, 3.05) is 39.6 Å². The van der Waals surface area contributed by atoms with Crippen LogP contribution in [0.25, 0.3) is 0 Å². The average molecular weight is 850 g/mol. The fourth-order valence-electron chi connectivity index (χ4n) is 7.32. The molecule has 2 saturated heterocycles. The molecule has 24 heteroatoms. The van der Waals surface area contributed by atoms with Gasteiger partial charge in [0.25, 0.3) is 0 Å². The summed E-state index contributed by atoms with van der Waals surface area (Å²) in [6, 6.07) is -3.70. The maximum Gasteiger partial charge on any atom is 0.329 e. The molecule has 23 nitrogen and oxygen atoms in total. The van der Waals surface area contributed by atoms with E-state index >= 15 is 0 Å². The van der Waals surface area contributed by atoms with Gasteiger partial charge in [0.1, 0.15) is 43.8 Å². The van der Waals surface area contributed by atoms with Crippen LogP contribution in [0.4, 0.5) is 0 Å². The first kappa shape index (κ1) is 49.4. The predicted molar refractivity (Wildman–Crippen MR) is 191 cm³/mol. The fraction of sp³-hybridized carbons (Fsp3) is 0.909. The van der Waals surface area contributed by atoms with Gasteiger partial charge in [-0.05, 0) is 32.6 Å². The molecule has 15 unspecified atom stereocenters. The van der Waals surface area contributed by atoms with Gasteiger partial charge in [-0.1, -0.05) is 25.8 Å². The zero-order chi connectivity index (χ0) is 42.8. The lowest BCUT2D eigenvalue weighted by Crippen LogP contribution is -2.69. The lowest BCUT2D eigenvalue weighted by molar-refractivity contribution is -0.432. The summed E-state index contributed by atoms with van der Waals surface area (Å²) in [6.07, 6.45) is -13.5. The number of hydrogen-bond acceptors (Lipinski definition) is 21. The van der Waals surface area contributed by atoms with Crippen LogP contribution in [0.2, 0.25) is 0 Å². The number of aliphatic carboxylic acids is 3. The molecule has 3 rings (SSSR count). The molecule has 1 saturated carbocycles. The lowest BCUT2D eigenvalue weighted by atomic mass is 9.71. The summed E-state index contributed by atoms with van der Waals surface area (Å²) in [5, 5.41) is 88.6. The number of rotatable bonds is 21. The third-order valence-corrected chi connectivity index (χ3v) is 10.1. The topological polar surface area (TPSA) is 346 Å². The zero-order valence-electron chi connectivity index (χ0n) is 32.6. The number of aliphatic hydroxyl groups excluding tert-OH is 4. The minimum absolute atomic E-state index is 0.155. The normalized spacial score (nSPS) is 36.5. The Morgan fingerprint density at radius 1 is 0.807 bits per heavy atom. The summed E-state index contributed by atoms with van der Waals surface area (Å²) >= 11 is 0.357. The first-order valence-electron chi connectivity index (χ1n) is 18.2. The van der Waals surface area contributed by atoms with Crippen LogP contribution in [-0.2, 0) is 56.9 Å². The lowest BCUT2D eigenvalue weighted by Gasteiger charge is -2.52. The van der Waals surface area contributed by atoms with Crippen molar-refractivity contribution in [2.24, 2.45) is 23.0 Å². The third kappa shape index (κ3) is 14.4. The first-order valence-corrected chi connectivity index (χ1v) is 19.0. The van der Waals surface area contributed by atoms with Gasteiger partial charge in [0, 0.05) is 18.4 Å². The summed E-state index contributed by atoms with van der Waals surface area (Å²) in [5.41, 5.74) is 4.98. The molecule has 0 aromatic carbocycles. The Labute approximate surface area is 333 Å². The van der Waals surface area contributed by atoms with E-state index in [-0.39, 0.29) is 13.0 Å². The molecule has 3 fully saturated rings. The molecule has 3 aliphatic rings. The third-order valence-electron chi connectivity index (χ3n) is 9.64. The Morgan fingerprint density at radius 3 is 1.91 bits per heavy atom. The van der Waals surface area contributed by atoms with Gasteiger partial charge in [0.2, 0.25) is 0 Å². The highest BCUT2D eigenvalue weighted by Crippen LogP contribution is 2.41. The minimum atomic E-state index is -1.67. The number of nitrogens with two attached hydrogens (primary N) is 1. The molecule has 0 spiro atoms. The summed E-state index contributed by atoms with van der Waals surface area (Å²) < 4.78 is 48.7. The molecule has 332 valence electrons. The van der Waals surface area contributed by atoms with Crippen molar-refractivity contribution in [1.82, 2.24) is 10.0 Å². The van der Waals surface area contributed by atoms with Gasteiger partial charge in [-0.25, -0.2) is 19.6 Å². The zero-order valence-corrected chi connectivity index (χ0v) is 33.4. The highest BCUT2D eigenvalue weighted by molar-refractivity contribution is 7.92. The summed E-state index contributed by atoms with van der Waals surface area (Å²) in [6.45, 7) is 7.20. The van der Waals surface area contributed by atoms with Gasteiger partial charge >= 0.3 is 17.9 Å². The van der Waals surface area contributed by atoms with Gasteiger partial charge in [-0.15, -0.1) is 4.33 Å². The molecule has 0 amide bonds. The second-order valence-corrected chi connectivity index (χ2v) is 16.7. The smallest absolute Gasteiger partial charge is 0.329 e. The number of carboxylic acid groups (broad SMARTS) is 3. The molecule has 57 heavy (non-hydrogen) atoms. The predicted octanol–water partition coefficient (Wildman–Crippen LogP) is -2.34. The van der Waals surface area contributed by atoms with E-state index in [0.717, 1.165) is 0 Å². The number of carbonyl (C=O) groups is 3. The van der Waals surface area contributed by atoms with E-state index in [1.165, 1.54) is 0 Å². The van der Waals surface area contributed by atoms with Gasteiger partial charge in [-0.2, -0.15) is 0 Å². The van der Waals surface area contributed by atoms with Crippen LogP contribution >= 0.6 is 12.2 Å². The van der Waals surface area contributed by atoms with Crippen molar-refractivity contribution in [2.45, 2.75) is 133 Å². The van der Waals surface area contributed by atoms with Crippen molar-refractivity contribution in [3.63, 3.8) is 0 Å². The standard InChI is InChI=1S/C33H59N3O20S/c1-32(2,3)21-16(10-48-12-19(40)41)51-30(22(34)25(21)44)53-28-14(9-37)7-15(23(26(28)45)35-8-18(38)39)50-29-17(11-49-13-20(42)43)52-31(54-33(4,5)6)24(27(29)46)36-57-56-55-47/h14-17,21-31,35-37,44-47H,7-13,34H2,1-6H3,(H,38,39)(H,40,41)(H,42,43). The molecule has 0 bridgehead atoms.